The number of anilines is 1. The van der Waals surface area contributed by atoms with Gasteiger partial charge in [0.2, 0.25) is 0 Å². The Labute approximate surface area is 70.7 Å². The Hall–Kier alpha value is -1.58. The van der Waals surface area contributed by atoms with E-state index in [4.69, 9.17) is 5.73 Å². The van der Waals surface area contributed by atoms with Crippen LogP contribution in [0.1, 0.15) is 17.4 Å². The molecule has 4 nitrogen and oxygen atoms in total. The van der Waals surface area contributed by atoms with Crippen LogP contribution in [0, 0.1) is 0 Å². The molecule has 0 aliphatic heterocycles. The maximum absolute atomic E-state index is 11.0. The zero-order chi connectivity index (χ0) is 9.14. The second-order valence-corrected chi connectivity index (χ2v) is 2.48. The van der Waals surface area contributed by atoms with Gasteiger partial charge in [0.15, 0.2) is 11.6 Å². The highest BCUT2D eigenvalue weighted by Gasteiger charge is 2.10. The fourth-order valence-corrected chi connectivity index (χ4v) is 1.06. The molecule has 0 atom stereocenters. The van der Waals surface area contributed by atoms with Crippen LogP contribution in [0.5, 0.6) is 0 Å². The molecule has 12 heavy (non-hydrogen) atoms. The summed E-state index contributed by atoms with van der Waals surface area (Å²) in [4.78, 5) is 14.9. The predicted octanol–water partition coefficient (Wildman–Crippen LogP) is 0.854. The van der Waals surface area contributed by atoms with Gasteiger partial charge in [0, 0.05) is 13.5 Å². The quantitative estimate of drug-likeness (QED) is 0.533. The molecular formula is C8H11N3O. The lowest BCUT2D eigenvalue weighted by molar-refractivity contribution is 0.101. The number of ketones is 1. The zero-order valence-electron chi connectivity index (χ0n) is 6.95. The van der Waals surface area contributed by atoms with E-state index < -0.39 is 0 Å². The van der Waals surface area contributed by atoms with E-state index in [1.165, 1.54) is 13.3 Å². The van der Waals surface area contributed by atoms with Crippen molar-refractivity contribution >= 4 is 11.6 Å². The summed E-state index contributed by atoms with van der Waals surface area (Å²) >= 11 is 0. The van der Waals surface area contributed by atoms with Crippen LogP contribution in [0.4, 0.5) is 5.82 Å². The monoisotopic (exact) mass is 165 g/mol. The van der Waals surface area contributed by atoms with Gasteiger partial charge in [0.25, 0.3) is 0 Å². The van der Waals surface area contributed by atoms with Crippen molar-refractivity contribution in [3.63, 3.8) is 0 Å². The normalized spacial score (nSPS) is 9.75. The number of carbonyl (C=O) groups is 1. The van der Waals surface area contributed by atoms with Gasteiger partial charge in [-0.1, -0.05) is 6.08 Å². The van der Waals surface area contributed by atoms with Crippen LogP contribution < -0.4 is 5.73 Å². The number of nitrogen functional groups attached to an aromatic ring is 1. The number of rotatable bonds is 3. The number of hydrogen-bond acceptors (Lipinski definition) is 3. The molecule has 1 rings (SSSR count). The van der Waals surface area contributed by atoms with E-state index in [9.17, 15) is 4.79 Å². The average molecular weight is 165 g/mol. The van der Waals surface area contributed by atoms with Gasteiger partial charge in [-0.2, -0.15) is 0 Å². The van der Waals surface area contributed by atoms with Crippen LogP contribution in [-0.2, 0) is 6.54 Å². The number of nitrogens with two attached hydrogens (primary N) is 1. The third-order valence-corrected chi connectivity index (χ3v) is 1.53. The minimum atomic E-state index is -0.0770. The number of hydrogen-bond donors (Lipinski definition) is 1. The van der Waals surface area contributed by atoms with Crippen molar-refractivity contribution < 1.29 is 4.79 Å². The van der Waals surface area contributed by atoms with E-state index in [-0.39, 0.29) is 11.6 Å². The first-order chi connectivity index (χ1) is 5.66. The minimum Gasteiger partial charge on any atom is -0.382 e. The van der Waals surface area contributed by atoms with E-state index >= 15 is 0 Å². The highest BCUT2D eigenvalue weighted by atomic mass is 16.1. The molecule has 0 radical (unpaired) electrons. The van der Waals surface area contributed by atoms with Crippen LogP contribution in [0.3, 0.4) is 0 Å². The number of carbonyl (C=O) groups excluding carboxylic acids is 1. The van der Waals surface area contributed by atoms with E-state index in [2.05, 4.69) is 11.6 Å². The molecule has 2 N–H and O–H groups in total. The highest BCUT2D eigenvalue weighted by Crippen LogP contribution is 2.09. The molecule has 0 bridgehead atoms. The van der Waals surface area contributed by atoms with E-state index in [1.54, 1.807) is 10.6 Å². The maximum atomic E-state index is 11.0. The van der Waals surface area contributed by atoms with Gasteiger partial charge < -0.3 is 10.3 Å². The molecule has 1 heterocycles. The van der Waals surface area contributed by atoms with Crippen LogP contribution >= 0.6 is 0 Å². The van der Waals surface area contributed by atoms with Crippen LogP contribution in [0.2, 0.25) is 0 Å². The van der Waals surface area contributed by atoms with Gasteiger partial charge in [-0.15, -0.1) is 6.58 Å². The standard InChI is InChI=1S/C8H11N3O/c1-3-4-11-5-10-8(9)7(11)6(2)12/h3,5H,1,4,9H2,2H3. The fourth-order valence-electron chi connectivity index (χ4n) is 1.06. The zero-order valence-corrected chi connectivity index (χ0v) is 6.95. The van der Waals surface area contributed by atoms with Crippen LogP contribution in [0.15, 0.2) is 19.0 Å². The summed E-state index contributed by atoms with van der Waals surface area (Å²) in [5.41, 5.74) is 5.94. The van der Waals surface area contributed by atoms with Gasteiger partial charge in [0.05, 0.1) is 6.33 Å². The van der Waals surface area contributed by atoms with Crippen molar-refractivity contribution in [2.45, 2.75) is 13.5 Å². The van der Waals surface area contributed by atoms with Crippen molar-refractivity contribution in [2.24, 2.45) is 0 Å². The lowest BCUT2D eigenvalue weighted by Crippen LogP contribution is -2.06. The van der Waals surface area contributed by atoms with Crippen molar-refractivity contribution in [3.8, 4) is 0 Å². The number of Topliss-reactive ketones (excluding diaryl/α,β-unsaturated/α-hetero) is 1. The van der Waals surface area contributed by atoms with E-state index in [0.717, 1.165) is 0 Å². The molecule has 0 spiro atoms. The molecule has 0 aromatic carbocycles. The van der Waals surface area contributed by atoms with Gasteiger partial charge in [-0.05, 0) is 0 Å². The summed E-state index contributed by atoms with van der Waals surface area (Å²) in [5, 5.41) is 0. The van der Waals surface area contributed by atoms with Crippen LogP contribution in [0.25, 0.3) is 0 Å². The summed E-state index contributed by atoms with van der Waals surface area (Å²) in [6, 6.07) is 0. The predicted molar refractivity (Wildman–Crippen MR) is 46.8 cm³/mol. The third-order valence-electron chi connectivity index (χ3n) is 1.53. The molecular weight excluding hydrogens is 154 g/mol. The Balaban J connectivity index is 3.11. The lowest BCUT2D eigenvalue weighted by Gasteiger charge is -2.01. The number of allylic oxidation sites excluding steroid dienone is 1. The molecule has 1 aromatic heterocycles. The first-order valence-corrected chi connectivity index (χ1v) is 3.59. The van der Waals surface area contributed by atoms with Gasteiger partial charge in [-0.3, -0.25) is 4.79 Å². The molecule has 4 heteroatoms. The second-order valence-electron chi connectivity index (χ2n) is 2.48. The molecule has 0 aliphatic carbocycles. The molecule has 0 aliphatic rings. The number of nitrogens with zero attached hydrogens (tertiary/aromatic N) is 2. The Morgan fingerprint density at radius 3 is 3.08 bits per heavy atom. The smallest absolute Gasteiger partial charge is 0.179 e. The molecule has 0 fully saturated rings. The maximum Gasteiger partial charge on any atom is 0.179 e. The summed E-state index contributed by atoms with van der Waals surface area (Å²) in [6.07, 6.45) is 3.22. The molecule has 0 saturated carbocycles. The summed E-state index contributed by atoms with van der Waals surface area (Å²) in [6.45, 7) is 5.58. The Morgan fingerprint density at radius 1 is 1.92 bits per heavy atom. The molecule has 0 unspecified atom stereocenters. The molecule has 0 amide bonds. The highest BCUT2D eigenvalue weighted by molar-refractivity contribution is 5.96. The second kappa shape index (κ2) is 3.21. The third kappa shape index (κ3) is 1.37. The van der Waals surface area contributed by atoms with Gasteiger partial charge >= 0.3 is 0 Å². The Bertz CT molecular complexity index is 314. The number of aromatic nitrogens is 2. The first-order valence-electron chi connectivity index (χ1n) is 3.59. The molecule has 64 valence electrons. The molecule has 0 saturated heterocycles. The van der Waals surface area contributed by atoms with Gasteiger partial charge in [-0.25, -0.2) is 4.98 Å². The average Bonchev–Trinajstić information content (AvgIpc) is 2.32. The van der Waals surface area contributed by atoms with Crippen molar-refractivity contribution in [2.75, 3.05) is 5.73 Å². The topological polar surface area (TPSA) is 60.9 Å². The summed E-state index contributed by atoms with van der Waals surface area (Å²) in [5.74, 6) is 0.205. The SMILES string of the molecule is C=CCn1cnc(N)c1C(C)=O. The Kier molecular flexibility index (Phi) is 2.28. The minimum absolute atomic E-state index is 0.0770. The van der Waals surface area contributed by atoms with Crippen molar-refractivity contribution in [1.29, 1.82) is 0 Å². The summed E-state index contributed by atoms with van der Waals surface area (Å²) in [7, 11) is 0. The van der Waals surface area contributed by atoms with Crippen molar-refractivity contribution in [1.82, 2.24) is 9.55 Å². The largest absolute Gasteiger partial charge is 0.382 e. The lowest BCUT2D eigenvalue weighted by atomic mass is 10.3. The fraction of sp³-hybridized carbons (Fsp3) is 0.250. The number of imidazole rings is 1. The van der Waals surface area contributed by atoms with Crippen LogP contribution in [-0.4, -0.2) is 15.3 Å². The van der Waals surface area contributed by atoms with Gasteiger partial charge in [0.1, 0.15) is 5.69 Å². The van der Waals surface area contributed by atoms with E-state index in [1.807, 2.05) is 0 Å². The molecule has 1 aromatic rings. The van der Waals surface area contributed by atoms with E-state index in [0.29, 0.717) is 12.2 Å². The first kappa shape index (κ1) is 8.52. The Morgan fingerprint density at radius 2 is 2.58 bits per heavy atom. The van der Waals surface area contributed by atoms with Crippen molar-refractivity contribution in [3.05, 3.63) is 24.7 Å². The summed E-state index contributed by atoms with van der Waals surface area (Å²) < 4.78 is 1.67.